The maximum Gasteiger partial charge on any atom is 0.119 e. The van der Waals surface area contributed by atoms with Gasteiger partial charge in [-0.15, -0.1) is 0 Å². The van der Waals surface area contributed by atoms with Gasteiger partial charge in [-0.3, -0.25) is 0 Å². The molecule has 88 valence electrons. The lowest BCUT2D eigenvalue weighted by Crippen LogP contribution is -2.44. The van der Waals surface area contributed by atoms with Gasteiger partial charge in [-0.1, -0.05) is 19.9 Å². The van der Waals surface area contributed by atoms with E-state index in [1.807, 2.05) is 6.07 Å². The van der Waals surface area contributed by atoms with Crippen LogP contribution in [0.1, 0.15) is 37.8 Å². The summed E-state index contributed by atoms with van der Waals surface area (Å²) in [4.78, 5) is 0. The van der Waals surface area contributed by atoms with E-state index >= 15 is 0 Å². The van der Waals surface area contributed by atoms with E-state index in [1.165, 1.54) is 17.5 Å². The summed E-state index contributed by atoms with van der Waals surface area (Å²) in [5.74, 6) is 1.37. The van der Waals surface area contributed by atoms with Crippen molar-refractivity contribution in [1.29, 1.82) is 0 Å². The minimum Gasteiger partial charge on any atom is -0.497 e. The highest BCUT2D eigenvalue weighted by Gasteiger charge is 2.35. The lowest BCUT2D eigenvalue weighted by atomic mass is 9.71. The van der Waals surface area contributed by atoms with Crippen LogP contribution in [-0.4, -0.2) is 7.11 Å². The molecule has 0 fully saturated rings. The molecule has 0 saturated carbocycles. The molecular formula is C14H21NO. The van der Waals surface area contributed by atoms with Gasteiger partial charge in [-0.2, -0.15) is 0 Å². The van der Waals surface area contributed by atoms with Crippen LogP contribution in [0, 0.1) is 5.92 Å². The summed E-state index contributed by atoms with van der Waals surface area (Å²) in [5, 5.41) is 0. The van der Waals surface area contributed by atoms with E-state index in [2.05, 4.69) is 26.0 Å². The predicted octanol–water partition coefficient (Wildman–Crippen LogP) is 2.84. The van der Waals surface area contributed by atoms with Gasteiger partial charge in [0, 0.05) is 5.54 Å². The first kappa shape index (κ1) is 11.5. The molecule has 0 heterocycles. The molecule has 2 rings (SSSR count). The highest BCUT2D eigenvalue weighted by molar-refractivity contribution is 5.42. The molecule has 0 aliphatic heterocycles. The van der Waals surface area contributed by atoms with Crippen molar-refractivity contribution in [1.82, 2.24) is 0 Å². The SMILES string of the molecule is COc1ccc2c(c1)C(N)(C(C)C)CCC2. The molecule has 2 nitrogen and oxygen atoms in total. The number of hydrogen-bond donors (Lipinski definition) is 1. The Labute approximate surface area is 97.8 Å². The number of methoxy groups -OCH3 is 1. The molecule has 2 N–H and O–H groups in total. The second kappa shape index (κ2) is 4.10. The van der Waals surface area contributed by atoms with Crippen molar-refractivity contribution in [2.45, 2.75) is 38.6 Å². The Morgan fingerprint density at radius 3 is 2.75 bits per heavy atom. The highest BCUT2D eigenvalue weighted by Crippen LogP contribution is 2.40. The van der Waals surface area contributed by atoms with Crippen molar-refractivity contribution >= 4 is 0 Å². The first-order valence-electron chi connectivity index (χ1n) is 6.04. The molecule has 0 amide bonds. The van der Waals surface area contributed by atoms with E-state index in [9.17, 15) is 0 Å². The Bertz CT molecular complexity index is 386. The second-order valence-corrected chi connectivity index (χ2v) is 5.07. The van der Waals surface area contributed by atoms with Gasteiger partial charge < -0.3 is 10.5 Å². The largest absolute Gasteiger partial charge is 0.497 e. The number of fused-ring (bicyclic) bond motifs is 1. The van der Waals surface area contributed by atoms with E-state index in [4.69, 9.17) is 10.5 Å². The molecule has 1 unspecified atom stereocenters. The Kier molecular flexibility index (Phi) is 2.94. The van der Waals surface area contributed by atoms with Crippen molar-refractivity contribution in [2.24, 2.45) is 11.7 Å². The molecule has 1 aliphatic rings. The maximum atomic E-state index is 6.58. The summed E-state index contributed by atoms with van der Waals surface area (Å²) in [6.45, 7) is 4.41. The first-order chi connectivity index (χ1) is 7.58. The van der Waals surface area contributed by atoms with Crippen LogP contribution < -0.4 is 10.5 Å². The monoisotopic (exact) mass is 219 g/mol. The van der Waals surface area contributed by atoms with Crippen LogP contribution in [0.25, 0.3) is 0 Å². The van der Waals surface area contributed by atoms with Gasteiger partial charge in [0.25, 0.3) is 0 Å². The molecule has 1 aromatic rings. The average molecular weight is 219 g/mol. The molecule has 16 heavy (non-hydrogen) atoms. The van der Waals surface area contributed by atoms with Crippen molar-refractivity contribution < 1.29 is 4.74 Å². The highest BCUT2D eigenvalue weighted by atomic mass is 16.5. The van der Waals surface area contributed by atoms with E-state index in [0.29, 0.717) is 5.92 Å². The minimum atomic E-state index is -0.178. The number of benzene rings is 1. The third kappa shape index (κ3) is 1.71. The van der Waals surface area contributed by atoms with Gasteiger partial charge in [-0.25, -0.2) is 0 Å². The maximum absolute atomic E-state index is 6.58. The van der Waals surface area contributed by atoms with E-state index in [-0.39, 0.29) is 5.54 Å². The summed E-state index contributed by atoms with van der Waals surface area (Å²) in [5.41, 5.74) is 9.08. The molecule has 1 aliphatic carbocycles. The third-order valence-electron chi connectivity index (χ3n) is 3.89. The standard InChI is InChI=1S/C14H21NO/c1-10(2)14(15)8-4-5-11-6-7-12(16-3)9-13(11)14/h6-7,9-10H,4-5,8,15H2,1-3H3. The first-order valence-corrected chi connectivity index (χ1v) is 6.04. The molecule has 1 atom stereocenters. The second-order valence-electron chi connectivity index (χ2n) is 5.07. The zero-order valence-electron chi connectivity index (χ0n) is 10.4. The third-order valence-corrected chi connectivity index (χ3v) is 3.89. The fourth-order valence-corrected chi connectivity index (χ4v) is 2.64. The normalized spacial score (nSPS) is 24.3. The molecule has 0 spiro atoms. The smallest absolute Gasteiger partial charge is 0.119 e. The Morgan fingerprint density at radius 1 is 1.38 bits per heavy atom. The number of nitrogens with two attached hydrogens (primary N) is 1. The lowest BCUT2D eigenvalue weighted by Gasteiger charge is -2.39. The molecule has 2 heteroatoms. The molecule has 1 aromatic carbocycles. The van der Waals surface area contributed by atoms with Gasteiger partial charge >= 0.3 is 0 Å². The van der Waals surface area contributed by atoms with Gasteiger partial charge in [-0.05, 0) is 48.4 Å². The zero-order valence-corrected chi connectivity index (χ0v) is 10.4. The van der Waals surface area contributed by atoms with Crippen LogP contribution in [-0.2, 0) is 12.0 Å². The van der Waals surface area contributed by atoms with Gasteiger partial charge in [0.2, 0.25) is 0 Å². The summed E-state index contributed by atoms with van der Waals surface area (Å²) >= 11 is 0. The Balaban J connectivity index is 2.51. The van der Waals surface area contributed by atoms with Crippen LogP contribution in [0.5, 0.6) is 5.75 Å². The molecule has 0 saturated heterocycles. The van der Waals surface area contributed by atoms with Crippen molar-refractivity contribution in [3.63, 3.8) is 0 Å². The van der Waals surface area contributed by atoms with Crippen LogP contribution >= 0.6 is 0 Å². The quantitative estimate of drug-likeness (QED) is 0.830. The van der Waals surface area contributed by atoms with Crippen molar-refractivity contribution in [3.05, 3.63) is 29.3 Å². The number of aryl methyl sites for hydroxylation is 1. The Morgan fingerprint density at radius 2 is 2.12 bits per heavy atom. The zero-order chi connectivity index (χ0) is 11.8. The fourth-order valence-electron chi connectivity index (χ4n) is 2.64. The topological polar surface area (TPSA) is 35.2 Å². The molecule has 0 bridgehead atoms. The molecule has 0 radical (unpaired) electrons. The summed E-state index contributed by atoms with van der Waals surface area (Å²) in [7, 11) is 1.71. The van der Waals surface area contributed by atoms with Gasteiger partial charge in [0.05, 0.1) is 7.11 Å². The molecule has 0 aromatic heterocycles. The van der Waals surface area contributed by atoms with Gasteiger partial charge in [0.15, 0.2) is 0 Å². The lowest BCUT2D eigenvalue weighted by molar-refractivity contribution is 0.270. The van der Waals surface area contributed by atoms with Crippen LogP contribution in [0.4, 0.5) is 0 Å². The number of hydrogen-bond acceptors (Lipinski definition) is 2. The van der Waals surface area contributed by atoms with Crippen LogP contribution in [0.15, 0.2) is 18.2 Å². The minimum absolute atomic E-state index is 0.178. The fraction of sp³-hybridized carbons (Fsp3) is 0.571. The van der Waals surface area contributed by atoms with E-state index in [0.717, 1.165) is 18.6 Å². The average Bonchev–Trinajstić information content (AvgIpc) is 2.29. The van der Waals surface area contributed by atoms with Crippen LogP contribution in [0.3, 0.4) is 0 Å². The van der Waals surface area contributed by atoms with E-state index < -0.39 is 0 Å². The van der Waals surface area contributed by atoms with Crippen molar-refractivity contribution in [2.75, 3.05) is 7.11 Å². The Hall–Kier alpha value is -1.02. The van der Waals surface area contributed by atoms with Gasteiger partial charge in [0.1, 0.15) is 5.75 Å². The molecular weight excluding hydrogens is 198 g/mol. The van der Waals surface area contributed by atoms with E-state index in [1.54, 1.807) is 7.11 Å². The van der Waals surface area contributed by atoms with Crippen LogP contribution in [0.2, 0.25) is 0 Å². The summed E-state index contributed by atoms with van der Waals surface area (Å²) < 4.78 is 5.30. The predicted molar refractivity (Wildman–Crippen MR) is 66.6 cm³/mol. The summed E-state index contributed by atoms with van der Waals surface area (Å²) in [6, 6.07) is 6.32. The summed E-state index contributed by atoms with van der Waals surface area (Å²) in [6.07, 6.45) is 3.41. The van der Waals surface area contributed by atoms with Crippen molar-refractivity contribution in [3.8, 4) is 5.75 Å². The number of rotatable bonds is 2. The number of ether oxygens (including phenoxy) is 1.